The lowest BCUT2D eigenvalue weighted by molar-refractivity contribution is -0.138. The van der Waals surface area contributed by atoms with Crippen molar-refractivity contribution in [3.05, 3.63) is 12.4 Å². The van der Waals surface area contributed by atoms with Gasteiger partial charge < -0.3 is 14.7 Å². The highest BCUT2D eigenvalue weighted by Gasteiger charge is 2.28. The highest BCUT2D eigenvalue weighted by Crippen LogP contribution is 2.23. The molecule has 0 saturated carbocycles. The molecule has 1 aromatic heterocycles. The fourth-order valence-corrected chi connectivity index (χ4v) is 2.33. The third-order valence-corrected chi connectivity index (χ3v) is 3.22. The summed E-state index contributed by atoms with van der Waals surface area (Å²) in [5, 5.41) is 9.35. The molecule has 0 bridgehead atoms. The Morgan fingerprint density at radius 3 is 3.05 bits per heavy atom. The second-order valence-electron chi connectivity index (χ2n) is 4.55. The summed E-state index contributed by atoms with van der Waals surface area (Å²) in [5.41, 5.74) is 0. The SMILES string of the molecule is CCOc1cncc(N2CCCCCC2C(=O)O)n1. The average molecular weight is 265 g/mol. The van der Waals surface area contributed by atoms with Gasteiger partial charge in [0, 0.05) is 6.54 Å². The van der Waals surface area contributed by atoms with Crippen LogP contribution >= 0.6 is 0 Å². The first-order valence-corrected chi connectivity index (χ1v) is 6.66. The van der Waals surface area contributed by atoms with E-state index in [1.54, 1.807) is 12.4 Å². The van der Waals surface area contributed by atoms with Gasteiger partial charge in [0.05, 0.1) is 19.0 Å². The zero-order valence-electron chi connectivity index (χ0n) is 11.1. The van der Waals surface area contributed by atoms with E-state index in [1.165, 1.54) is 0 Å². The molecule has 0 radical (unpaired) electrons. The van der Waals surface area contributed by atoms with E-state index in [9.17, 15) is 9.90 Å². The topological polar surface area (TPSA) is 75.5 Å². The smallest absolute Gasteiger partial charge is 0.326 e. The Bertz CT molecular complexity index is 439. The maximum Gasteiger partial charge on any atom is 0.326 e. The molecule has 1 aromatic rings. The number of carbonyl (C=O) groups is 1. The molecule has 2 heterocycles. The molecule has 1 N–H and O–H groups in total. The van der Waals surface area contributed by atoms with Crippen molar-refractivity contribution >= 4 is 11.8 Å². The van der Waals surface area contributed by atoms with Gasteiger partial charge in [0.1, 0.15) is 6.04 Å². The molecule has 6 heteroatoms. The molecule has 1 atom stereocenters. The summed E-state index contributed by atoms with van der Waals surface area (Å²) >= 11 is 0. The van der Waals surface area contributed by atoms with Gasteiger partial charge in [-0.1, -0.05) is 12.8 Å². The van der Waals surface area contributed by atoms with E-state index in [0.717, 1.165) is 19.3 Å². The van der Waals surface area contributed by atoms with E-state index in [1.807, 2.05) is 11.8 Å². The summed E-state index contributed by atoms with van der Waals surface area (Å²) in [6, 6.07) is -0.520. The highest BCUT2D eigenvalue weighted by atomic mass is 16.5. The minimum atomic E-state index is -0.800. The van der Waals surface area contributed by atoms with E-state index >= 15 is 0 Å². The van der Waals surface area contributed by atoms with Crippen LogP contribution in [0.1, 0.15) is 32.6 Å². The summed E-state index contributed by atoms with van der Waals surface area (Å²) in [5.74, 6) is 0.221. The lowest BCUT2D eigenvalue weighted by Crippen LogP contribution is -2.41. The second-order valence-corrected chi connectivity index (χ2v) is 4.55. The molecule has 104 valence electrons. The van der Waals surface area contributed by atoms with Crippen molar-refractivity contribution in [1.82, 2.24) is 9.97 Å². The van der Waals surface area contributed by atoms with Crippen LogP contribution in [0.5, 0.6) is 5.88 Å². The Kier molecular flexibility index (Phi) is 4.54. The van der Waals surface area contributed by atoms with Gasteiger partial charge in [-0.2, -0.15) is 4.98 Å². The zero-order chi connectivity index (χ0) is 13.7. The number of rotatable bonds is 4. The van der Waals surface area contributed by atoms with Gasteiger partial charge in [-0.25, -0.2) is 4.79 Å². The molecule has 0 aliphatic carbocycles. The first kappa shape index (κ1) is 13.6. The lowest BCUT2D eigenvalue weighted by atomic mass is 10.1. The predicted octanol–water partition coefficient (Wildman–Crippen LogP) is 1.71. The fourth-order valence-electron chi connectivity index (χ4n) is 2.33. The molecule has 1 aliphatic heterocycles. The van der Waals surface area contributed by atoms with Crippen LogP contribution in [0, 0.1) is 0 Å². The van der Waals surface area contributed by atoms with E-state index in [-0.39, 0.29) is 0 Å². The Morgan fingerprint density at radius 2 is 2.32 bits per heavy atom. The van der Waals surface area contributed by atoms with Crippen molar-refractivity contribution in [2.75, 3.05) is 18.1 Å². The number of ether oxygens (including phenoxy) is 1. The van der Waals surface area contributed by atoms with Crippen molar-refractivity contribution < 1.29 is 14.6 Å². The normalized spacial score (nSPS) is 19.8. The van der Waals surface area contributed by atoms with E-state index < -0.39 is 12.0 Å². The van der Waals surface area contributed by atoms with Crippen molar-refractivity contribution in [2.24, 2.45) is 0 Å². The molecule has 2 rings (SSSR count). The number of anilines is 1. The average Bonchev–Trinajstić information content (AvgIpc) is 2.65. The second kappa shape index (κ2) is 6.36. The standard InChI is InChI=1S/C13H19N3O3/c1-2-19-12-9-14-8-11(15-12)16-7-5-3-4-6-10(16)13(17)18/h8-10H,2-7H2,1H3,(H,17,18). The largest absolute Gasteiger partial charge is 0.480 e. The highest BCUT2D eigenvalue weighted by molar-refractivity contribution is 5.77. The Morgan fingerprint density at radius 1 is 1.47 bits per heavy atom. The van der Waals surface area contributed by atoms with Gasteiger partial charge in [0.2, 0.25) is 5.88 Å². The Balaban J connectivity index is 2.25. The third kappa shape index (κ3) is 3.33. The third-order valence-electron chi connectivity index (χ3n) is 3.22. The van der Waals surface area contributed by atoms with Crippen LogP contribution in [0.4, 0.5) is 5.82 Å². The van der Waals surface area contributed by atoms with Gasteiger partial charge in [-0.15, -0.1) is 0 Å². The van der Waals surface area contributed by atoms with Crippen molar-refractivity contribution in [3.63, 3.8) is 0 Å². The molecule has 1 fully saturated rings. The van der Waals surface area contributed by atoms with E-state index in [0.29, 0.717) is 31.3 Å². The summed E-state index contributed by atoms with van der Waals surface area (Å²) in [6.07, 6.45) is 6.76. The monoisotopic (exact) mass is 265 g/mol. The number of carboxylic acids is 1. The van der Waals surface area contributed by atoms with Crippen LogP contribution in [-0.4, -0.2) is 40.2 Å². The van der Waals surface area contributed by atoms with Crippen LogP contribution in [0.3, 0.4) is 0 Å². The summed E-state index contributed by atoms with van der Waals surface area (Å²) in [7, 11) is 0. The van der Waals surface area contributed by atoms with E-state index in [4.69, 9.17) is 4.74 Å². The van der Waals surface area contributed by atoms with Gasteiger partial charge in [-0.3, -0.25) is 4.98 Å². The number of hydrogen-bond donors (Lipinski definition) is 1. The van der Waals surface area contributed by atoms with Crippen LogP contribution in [0.25, 0.3) is 0 Å². The number of aromatic nitrogens is 2. The first-order chi connectivity index (χ1) is 9.22. The fraction of sp³-hybridized carbons (Fsp3) is 0.615. The van der Waals surface area contributed by atoms with Crippen LogP contribution < -0.4 is 9.64 Å². The first-order valence-electron chi connectivity index (χ1n) is 6.66. The molecular weight excluding hydrogens is 246 g/mol. The lowest BCUT2D eigenvalue weighted by Gasteiger charge is -2.27. The van der Waals surface area contributed by atoms with Gasteiger partial charge in [0.25, 0.3) is 0 Å². The van der Waals surface area contributed by atoms with Gasteiger partial charge in [-0.05, 0) is 19.8 Å². The molecule has 19 heavy (non-hydrogen) atoms. The Hall–Kier alpha value is -1.85. The number of hydrogen-bond acceptors (Lipinski definition) is 5. The predicted molar refractivity (Wildman–Crippen MR) is 70.4 cm³/mol. The summed E-state index contributed by atoms with van der Waals surface area (Å²) in [6.45, 7) is 3.09. The summed E-state index contributed by atoms with van der Waals surface area (Å²) in [4.78, 5) is 21.6. The van der Waals surface area contributed by atoms with Crippen molar-refractivity contribution in [2.45, 2.75) is 38.6 Å². The molecule has 1 saturated heterocycles. The number of aliphatic carboxylic acids is 1. The number of nitrogens with zero attached hydrogens (tertiary/aromatic N) is 3. The molecule has 0 amide bonds. The minimum absolute atomic E-state index is 0.438. The van der Waals surface area contributed by atoms with E-state index in [2.05, 4.69) is 9.97 Å². The molecule has 1 aliphatic rings. The number of carboxylic acid groups (broad SMARTS) is 1. The zero-order valence-corrected chi connectivity index (χ0v) is 11.1. The minimum Gasteiger partial charge on any atom is -0.480 e. The Labute approximate surface area is 112 Å². The van der Waals surface area contributed by atoms with Crippen LogP contribution in [0.15, 0.2) is 12.4 Å². The molecule has 0 spiro atoms. The molecular formula is C13H19N3O3. The molecule has 0 aromatic carbocycles. The van der Waals surface area contributed by atoms with Crippen molar-refractivity contribution in [1.29, 1.82) is 0 Å². The quantitative estimate of drug-likeness (QED) is 0.893. The maximum atomic E-state index is 11.4. The van der Waals surface area contributed by atoms with Crippen LogP contribution in [-0.2, 0) is 4.79 Å². The van der Waals surface area contributed by atoms with Gasteiger partial charge >= 0.3 is 5.97 Å². The summed E-state index contributed by atoms with van der Waals surface area (Å²) < 4.78 is 5.32. The molecule has 1 unspecified atom stereocenters. The van der Waals surface area contributed by atoms with Crippen molar-refractivity contribution in [3.8, 4) is 5.88 Å². The maximum absolute atomic E-state index is 11.4. The molecule has 6 nitrogen and oxygen atoms in total. The van der Waals surface area contributed by atoms with Gasteiger partial charge in [0.15, 0.2) is 5.82 Å². The van der Waals surface area contributed by atoms with Crippen LogP contribution in [0.2, 0.25) is 0 Å².